The van der Waals surface area contributed by atoms with Crippen molar-refractivity contribution in [1.29, 1.82) is 0 Å². The maximum absolute atomic E-state index is 13.0. The molecule has 0 saturated carbocycles. The van der Waals surface area contributed by atoms with Gasteiger partial charge in [-0.15, -0.1) is 0 Å². The second kappa shape index (κ2) is 57.9. The second-order valence-electron chi connectivity index (χ2n) is 26.2. The molecular weight excluding hydrogens is 1150 g/mol. The summed E-state index contributed by atoms with van der Waals surface area (Å²) in [6.45, 7) is 14.0. The van der Waals surface area contributed by atoms with E-state index in [9.17, 15) is 43.2 Å². The number of hydrogen-bond donors (Lipinski definition) is 3. The third-order valence-corrected chi connectivity index (χ3v) is 17.8. The highest BCUT2D eigenvalue weighted by Gasteiger charge is 2.30. The third kappa shape index (κ3) is 61.3. The standard InChI is InChI=1S/C68H132O17P2/c1-9-61(8)47-39-31-23-16-17-24-32-40-48-65(70)78-54-63(84-67(72)50-42-34-25-15-13-11-10-12-14-20-28-36-44-58(2)3)56-82-86(74,75)80-52-62(69)53-81-87(76,77)83-57-64(85-68(73)51-43-35-27-19-22-30-38-46-60(6)7)55-79-66(71)49-41-33-26-18-21-29-37-45-59(4)5/h58-64,69H,9-57H2,1-8H3,(H,74,75)(H,76,77)/t61?,62?,63-,64-/m1/s1. The first-order valence-corrected chi connectivity index (χ1v) is 38.2. The number of esters is 4. The first kappa shape index (κ1) is 85.1. The van der Waals surface area contributed by atoms with Gasteiger partial charge in [0.1, 0.15) is 19.3 Å². The van der Waals surface area contributed by atoms with Gasteiger partial charge in [0, 0.05) is 25.7 Å². The predicted molar refractivity (Wildman–Crippen MR) is 349 cm³/mol. The molecule has 0 aromatic heterocycles. The van der Waals surface area contributed by atoms with Crippen molar-refractivity contribution in [3.63, 3.8) is 0 Å². The summed E-state index contributed by atoms with van der Waals surface area (Å²) in [4.78, 5) is 72.4. The van der Waals surface area contributed by atoms with E-state index in [0.717, 1.165) is 108 Å². The van der Waals surface area contributed by atoms with E-state index < -0.39 is 97.5 Å². The van der Waals surface area contributed by atoms with Crippen LogP contribution < -0.4 is 0 Å². The maximum atomic E-state index is 13.0. The number of aliphatic hydroxyl groups is 1. The van der Waals surface area contributed by atoms with E-state index in [-0.39, 0.29) is 25.7 Å². The molecule has 87 heavy (non-hydrogen) atoms. The molecule has 19 heteroatoms. The minimum atomic E-state index is -4.95. The zero-order chi connectivity index (χ0) is 64.7. The number of unbranched alkanes of at least 4 members (excludes halogenated alkanes) is 30. The molecule has 0 aliphatic rings. The van der Waals surface area contributed by atoms with E-state index in [1.165, 1.54) is 128 Å². The van der Waals surface area contributed by atoms with Crippen molar-refractivity contribution in [1.82, 2.24) is 0 Å². The van der Waals surface area contributed by atoms with Gasteiger partial charge in [-0.05, 0) is 49.4 Å². The van der Waals surface area contributed by atoms with Gasteiger partial charge in [-0.1, -0.05) is 280 Å². The Morgan fingerprint density at radius 3 is 0.816 bits per heavy atom. The first-order valence-electron chi connectivity index (χ1n) is 35.2. The van der Waals surface area contributed by atoms with Crippen LogP contribution in [0.2, 0.25) is 0 Å². The van der Waals surface area contributed by atoms with Crippen LogP contribution in [0.15, 0.2) is 0 Å². The fraction of sp³-hybridized carbons (Fsp3) is 0.941. The molecule has 4 unspecified atom stereocenters. The van der Waals surface area contributed by atoms with E-state index in [0.29, 0.717) is 37.5 Å². The van der Waals surface area contributed by atoms with Crippen molar-refractivity contribution in [2.45, 2.75) is 350 Å². The van der Waals surface area contributed by atoms with Crippen LogP contribution in [0.3, 0.4) is 0 Å². The molecule has 0 heterocycles. The molecule has 0 amide bonds. The summed E-state index contributed by atoms with van der Waals surface area (Å²) in [6.07, 6.45) is 39.0. The number of carbonyl (C=O) groups excluding carboxylic acids is 4. The molecule has 3 N–H and O–H groups in total. The predicted octanol–water partition coefficient (Wildman–Crippen LogP) is 18.9. The fourth-order valence-corrected chi connectivity index (χ4v) is 11.7. The zero-order valence-corrected chi connectivity index (χ0v) is 58.4. The Kier molecular flexibility index (Phi) is 56.6. The number of rotatable bonds is 65. The molecule has 0 aliphatic carbocycles. The number of hydrogen-bond acceptors (Lipinski definition) is 15. The van der Waals surface area contributed by atoms with Gasteiger partial charge in [-0.25, -0.2) is 9.13 Å². The SMILES string of the molecule is CCC(C)CCCCCCCCCCC(=O)OC[C@H](COP(=O)(O)OCC(O)COP(=O)(O)OC[C@@H](COC(=O)CCCCCCCCCC(C)C)OC(=O)CCCCCCCCCC(C)C)OC(=O)CCCCCCCCCCCCCCC(C)C. The Morgan fingerprint density at radius 1 is 0.322 bits per heavy atom. The van der Waals surface area contributed by atoms with E-state index in [4.69, 9.17) is 37.0 Å². The van der Waals surface area contributed by atoms with Crippen LogP contribution in [0.1, 0.15) is 331 Å². The van der Waals surface area contributed by atoms with Crippen LogP contribution >= 0.6 is 15.6 Å². The Hall–Kier alpha value is -1.94. The van der Waals surface area contributed by atoms with Gasteiger partial charge in [-0.2, -0.15) is 0 Å². The normalized spacial score (nSPS) is 14.6. The molecule has 0 spiro atoms. The molecule has 0 bridgehead atoms. The average molecular weight is 1280 g/mol. The van der Waals surface area contributed by atoms with Gasteiger partial charge in [0.2, 0.25) is 0 Å². The van der Waals surface area contributed by atoms with E-state index in [1.54, 1.807) is 0 Å². The van der Waals surface area contributed by atoms with Crippen LogP contribution in [-0.4, -0.2) is 96.7 Å². The maximum Gasteiger partial charge on any atom is 0.472 e. The number of phosphoric ester groups is 2. The molecule has 6 atom stereocenters. The van der Waals surface area contributed by atoms with Crippen LogP contribution in [0.25, 0.3) is 0 Å². The van der Waals surface area contributed by atoms with Gasteiger partial charge >= 0.3 is 39.5 Å². The smallest absolute Gasteiger partial charge is 0.462 e. The summed E-state index contributed by atoms with van der Waals surface area (Å²) in [7, 11) is -9.90. The number of phosphoric acid groups is 2. The molecular formula is C68H132O17P2. The molecule has 0 aromatic rings. The van der Waals surface area contributed by atoms with Crippen molar-refractivity contribution in [3.05, 3.63) is 0 Å². The lowest BCUT2D eigenvalue weighted by molar-refractivity contribution is -0.161. The summed E-state index contributed by atoms with van der Waals surface area (Å²) in [5.41, 5.74) is 0. The summed E-state index contributed by atoms with van der Waals surface area (Å²) in [5, 5.41) is 10.6. The molecule has 516 valence electrons. The van der Waals surface area contributed by atoms with Crippen molar-refractivity contribution in [2.75, 3.05) is 39.6 Å². The number of aliphatic hydroxyl groups excluding tert-OH is 1. The zero-order valence-electron chi connectivity index (χ0n) is 56.6. The summed E-state index contributed by atoms with van der Waals surface area (Å²) < 4.78 is 68.2. The highest BCUT2D eigenvalue weighted by Crippen LogP contribution is 2.45. The highest BCUT2D eigenvalue weighted by molar-refractivity contribution is 7.47. The second-order valence-corrected chi connectivity index (χ2v) is 29.1. The van der Waals surface area contributed by atoms with Crippen molar-refractivity contribution >= 4 is 39.5 Å². The number of carbonyl (C=O) groups is 4. The van der Waals surface area contributed by atoms with E-state index >= 15 is 0 Å². The lowest BCUT2D eigenvalue weighted by Gasteiger charge is -2.21. The lowest BCUT2D eigenvalue weighted by Crippen LogP contribution is -2.30. The van der Waals surface area contributed by atoms with Crippen LogP contribution in [-0.2, 0) is 65.4 Å². The Bertz CT molecular complexity index is 1730. The first-order chi connectivity index (χ1) is 41.6. The minimum Gasteiger partial charge on any atom is -0.462 e. The monoisotopic (exact) mass is 1280 g/mol. The lowest BCUT2D eigenvalue weighted by atomic mass is 9.99. The third-order valence-electron chi connectivity index (χ3n) is 15.9. The molecule has 0 aromatic carbocycles. The quantitative estimate of drug-likeness (QED) is 0.0222. The molecule has 17 nitrogen and oxygen atoms in total. The van der Waals surface area contributed by atoms with Crippen molar-refractivity contribution in [3.8, 4) is 0 Å². The van der Waals surface area contributed by atoms with Gasteiger partial charge in [-0.3, -0.25) is 37.3 Å². The molecule has 0 saturated heterocycles. The van der Waals surface area contributed by atoms with Crippen molar-refractivity contribution < 1.29 is 80.2 Å². The molecule has 0 aliphatic heterocycles. The Balaban J connectivity index is 5.25. The topological polar surface area (TPSA) is 237 Å². The van der Waals surface area contributed by atoms with Crippen LogP contribution in [0.4, 0.5) is 0 Å². The van der Waals surface area contributed by atoms with Gasteiger partial charge in [0.15, 0.2) is 12.2 Å². The summed E-state index contributed by atoms with van der Waals surface area (Å²) in [6, 6.07) is 0. The Labute approximate surface area is 530 Å². The van der Waals surface area contributed by atoms with E-state index in [1.807, 2.05) is 0 Å². The van der Waals surface area contributed by atoms with Crippen LogP contribution in [0, 0.1) is 23.7 Å². The summed E-state index contributed by atoms with van der Waals surface area (Å²) in [5.74, 6) is 0.820. The van der Waals surface area contributed by atoms with E-state index in [2.05, 4.69) is 55.4 Å². The van der Waals surface area contributed by atoms with Gasteiger partial charge < -0.3 is 33.8 Å². The molecule has 0 radical (unpaired) electrons. The summed E-state index contributed by atoms with van der Waals surface area (Å²) >= 11 is 0. The average Bonchev–Trinajstić information content (AvgIpc) is 3.67. The largest absolute Gasteiger partial charge is 0.472 e. The van der Waals surface area contributed by atoms with Crippen LogP contribution in [0.5, 0.6) is 0 Å². The Morgan fingerprint density at radius 2 is 0.552 bits per heavy atom. The minimum absolute atomic E-state index is 0.102. The van der Waals surface area contributed by atoms with Gasteiger partial charge in [0.05, 0.1) is 26.4 Å². The van der Waals surface area contributed by atoms with Gasteiger partial charge in [0.25, 0.3) is 0 Å². The molecule has 0 rings (SSSR count). The van der Waals surface area contributed by atoms with Crippen molar-refractivity contribution in [2.24, 2.45) is 23.7 Å². The molecule has 0 fully saturated rings. The number of ether oxygens (including phenoxy) is 4. The fourth-order valence-electron chi connectivity index (χ4n) is 10.1. The highest BCUT2D eigenvalue weighted by atomic mass is 31.2.